The molecule has 0 aliphatic carbocycles. The van der Waals surface area contributed by atoms with Crippen molar-refractivity contribution in [1.29, 1.82) is 0 Å². The number of nitrogens with one attached hydrogen (secondary N) is 1. The van der Waals surface area contributed by atoms with E-state index in [9.17, 15) is 5.11 Å². The number of phenolic OH excluding ortho intramolecular Hbond substituents is 1. The Morgan fingerprint density at radius 3 is 2.71 bits per heavy atom. The highest BCUT2D eigenvalue weighted by molar-refractivity contribution is 14.0. The summed E-state index contributed by atoms with van der Waals surface area (Å²) in [5.74, 6) is 1.71. The number of methoxy groups -OCH3 is 1. The minimum absolute atomic E-state index is 0. The van der Waals surface area contributed by atoms with Gasteiger partial charge in [0, 0.05) is 45.1 Å². The third-order valence-electron chi connectivity index (χ3n) is 3.75. The molecule has 0 unspecified atom stereocenters. The lowest BCUT2D eigenvalue weighted by Gasteiger charge is -2.22. The molecule has 2 rings (SSSR count). The highest BCUT2D eigenvalue weighted by Crippen LogP contribution is 2.22. The van der Waals surface area contributed by atoms with E-state index in [-0.39, 0.29) is 29.7 Å². The van der Waals surface area contributed by atoms with E-state index in [2.05, 4.69) is 20.9 Å². The molecule has 0 atom stereocenters. The summed E-state index contributed by atoms with van der Waals surface area (Å²) < 4.78 is 7.27. The van der Waals surface area contributed by atoms with Crippen LogP contribution in [-0.4, -0.2) is 41.7 Å². The lowest BCUT2D eigenvalue weighted by molar-refractivity contribution is 0.410. The Balaban J connectivity index is 0.00000288. The largest absolute Gasteiger partial charge is 0.508 e. The van der Waals surface area contributed by atoms with Gasteiger partial charge < -0.3 is 24.6 Å². The lowest BCUT2D eigenvalue weighted by Crippen LogP contribution is -2.38. The smallest absolute Gasteiger partial charge is 0.194 e. The van der Waals surface area contributed by atoms with Crippen LogP contribution >= 0.6 is 24.0 Å². The zero-order chi connectivity index (χ0) is 16.8. The average Bonchev–Trinajstić information content (AvgIpc) is 2.94. The summed E-state index contributed by atoms with van der Waals surface area (Å²) in [6, 6.07) is 9.28. The van der Waals surface area contributed by atoms with Crippen molar-refractivity contribution in [3.63, 3.8) is 0 Å². The number of aromatic hydroxyl groups is 1. The van der Waals surface area contributed by atoms with E-state index in [0.29, 0.717) is 12.3 Å². The number of aliphatic imine (C=N–C) groups is 1. The lowest BCUT2D eigenvalue weighted by atomic mass is 10.2. The molecule has 132 valence electrons. The molecule has 2 N–H and O–H groups in total. The van der Waals surface area contributed by atoms with E-state index in [4.69, 9.17) is 4.74 Å². The Morgan fingerprint density at radius 1 is 1.38 bits per heavy atom. The number of aromatic nitrogens is 1. The number of rotatable bonds is 5. The van der Waals surface area contributed by atoms with Crippen LogP contribution in [-0.2, 0) is 20.1 Å². The normalized spacial score (nSPS) is 10.9. The molecule has 6 nitrogen and oxygen atoms in total. The molecule has 0 radical (unpaired) electrons. The van der Waals surface area contributed by atoms with E-state index < -0.39 is 0 Å². The number of nitrogens with zero attached hydrogens (tertiary/aromatic N) is 3. The monoisotopic (exact) mass is 444 g/mol. The second-order valence-corrected chi connectivity index (χ2v) is 5.36. The van der Waals surface area contributed by atoms with Gasteiger partial charge in [-0.25, -0.2) is 0 Å². The third kappa shape index (κ3) is 5.05. The van der Waals surface area contributed by atoms with Gasteiger partial charge in [-0.3, -0.25) is 4.99 Å². The first-order valence-electron chi connectivity index (χ1n) is 7.43. The quantitative estimate of drug-likeness (QED) is 0.423. The van der Waals surface area contributed by atoms with Crippen LogP contribution in [0.1, 0.15) is 11.3 Å². The number of hydrogen-bond acceptors (Lipinski definition) is 3. The first-order valence-corrected chi connectivity index (χ1v) is 7.43. The summed E-state index contributed by atoms with van der Waals surface area (Å²) in [4.78, 5) is 6.33. The van der Waals surface area contributed by atoms with Crippen LogP contribution in [0.15, 0.2) is 41.5 Å². The maximum absolute atomic E-state index is 9.95. The predicted octanol–water partition coefficient (Wildman–Crippen LogP) is 2.56. The van der Waals surface area contributed by atoms with Crippen molar-refractivity contribution in [2.24, 2.45) is 12.0 Å². The van der Waals surface area contributed by atoms with Crippen LogP contribution in [0.5, 0.6) is 11.5 Å². The summed E-state index contributed by atoms with van der Waals surface area (Å²) >= 11 is 0. The van der Waals surface area contributed by atoms with Crippen LogP contribution in [0, 0.1) is 0 Å². The van der Waals surface area contributed by atoms with E-state index in [1.54, 1.807) is 26.3 Å². The first kappa shape index (κ1) is 20.1. The van der Waals surface area contributed by atoms with Gasteiger partial charge in [-0.05, 0) is 30.3 Å². The Morgan fingerprint density at radius 2 is 2.12 bits per heavy atom. The van der Waals surface area contributed by atoms with Crippen molar-refractivity contribution in [2.45, 2.75) is 13.1 Å². The van der Waals surface area contributed by atoms with E-state index in [1.807, 2.05) is 37.3 Å². The zero-order valence-electron chi connectivity index (χ0n) is 14.5. The summed E-state index contributed by atoms with van der Waals surface area (Å²) in [6.45, 7) is 1.21. The molecule has 0 bridgehead atoms. The molecule has 0 saturated carbocycles. The molecule has 24 heavy (non-hydrogen) atoms. The first-order chi connectivity index (χ1) is 11.0. The number of guanidine groups is 1. The predicted molar refractivity (Wildman–Crippen MR) is 107 cm³/mol. The molecule has 1 heterocycles. The third-order valence-corrected chi connectivity index (χ3v) is 3.75. The number of halogens is 1. The van der Waals surface area contributed by atoms with Gasteiger partial charge in [0.25, 0.3) is 0 Å². The number of phenols is 1. The molecule has 0 spiro atoms. The van der Waals surface area contributed by atoms with E-state index in [1.165, 1.54) is 5.69 Å². The molecule has 2 aromatic rings. The summed E-state index contributed by atoms with van der Waals surface area (Å²) in [7, 11) is 7.35. The van der Waals surface area contributed by atoms with E-state index >= 15 is 0 Å². The van der Waals surface area contributed by atoms with Gasteiger partial charge in [-0.1, -0.05) is 0 Å². The fraction of sp³-hybridized carbons (Fsp3) is 0.353. The second kappa shape index (κ2) is 9.41. The van der Waals surface area contributed by atoms with Crippen molar-refractivity contribution in [3.05, 3.63) is 47.8 Å². The minimum Gasteiger partial charge on any atom is -0.508 e. The number of ether oxygens (including phenoxy) is 1. The van der Waals surface area contributed by atoms with Gasteiger partial charge >= 0.3 is 0 Å². The van der Waals surface area contributed by atoms with Gasteiger partial charge in [0.15, 0.2) is 5.96 Å². The summed E-state index contributed by atoms with van der Waals surface area (Å²) in [6.07, 6.45) is 2.02. The van der Waals surface area contributed by atoms with Crippen molar-refractivity contribution in [3.8, 4) is 11.5 Å². The van der Waals surface area contributed by atoms with Crippen LogP contribution in [0.4, 0.5) is 0 Å². The highest BCUT2D eigenvalue weighted by atomic mass is 127. The van der Waals surface area contributed by atoms with Crippen LogP contribution in [0.25, 0.3) is 0 Å². The average molecular weight is 444 g/mol. The highest BCUT2D eigenvalue weighted by Gasteiger charge is 2.10. The van der Waals surface area contributed by atoms with Crippen LogP contribution in [0.3, 0.4) is 0 Å². The molecule has 0 fully saturated rings. The van der Waals surface area contributed by atoms with Crippen LogP contribution in [0.2, 0.25) is 0 Å². The Hall–Kier alpha value is -1.90. The van der Waals surface area contributed by atoms with Gasteiger partial charge in [0.05, 0.1) is 13.7 Å². The standard InChI is InChI=1S/C17H24N4O2.HI/c1-18-17(21(3)12-14-6-5-9-20(14)2)19-11-13-10-15(23-4)7-8-16(13)22;/h5-10,22H,11-12H2,1-4H3,(H,18,19);1H. The molecule has 0 amide bonds. The summed E-state index contributed by atoms with van der Waals surface area (Å²) in [5.41, 5.74) is 1.96. The van der Waals surface area contributed by atoms with Crippen molar-refractivity contribution in [1.82, 2.24) is 14.8 Å². The van der Waals surface area contributed by atoms with Gasteiger partial charge in [-0.15, -0.1) is 24.0 Å². The molecule has 7 heteroatoms. The van der Waals surface area contributed by atoms with Crippen molar-refractivity contribution < 1.29 is 9.84 Å². The van der Waals surface area contributed by atoms with Crippen molar-refractivity contribution >= 4 is 29.9 Å². The number of aryl methyl sites for hydroxylation is 1. The van der Waals surface area contributed by atoms with Crippen LogP contribution < -0.4 is 10.1 Å². The van der Waals surface area contributed by atoms with Gasteiger partial charge in [-0.2, -0.15) is 0 Å². The van der Waals surface area contributed by atoms with Gasteiger partial charge in [0.2, 0.25) is 0 Å². The van der Waals surface area contributed by atoms with Gasteiger partial charge in [0.1, 0.15) is 11.5 Å². The Bertz CT molecular complexity index is 685. The molecule has 1 aromatic carbocycles. The maximum Gasteiger partial charge on any atom is 0.194 e. The minimum atomic E-state index is 0. The molecule has 0 aliphatic heterocycles. The Labute approximate surface area is 160 Å². The maximum atomic E-state index is 9.95. The second-order valence-electron chi connectivity index (χ2n) is 5.36. The Kier molecular flexibility index (Phi) is 7.90. The number of hydrogen-bond donors (Lipinski definition) is 2. The fourth-order valence-electron chi connectivity index (χ4n) is 2.37. The van der Waals surface area contributed by atoms with E-state index in [0.717, 1.165) is 18.1 Å². The zero-order valence-corrected chi connectivity index (χ0v) is 16.8. The molecule has 1 aromatic heterocycles. The number of benzene rings is 1. The molecule has 0 saturated heterocycles. The van der Waals surface area contributed by atoms with Crippen molar-refractivity contribution in [2.75, 3.05) is 21.2 Å². The summed E-state index contributed by atoms with van der Waals surface area (Å²) in [5, 5.41) is 13.2. The fourth-order valence-corrected chi connectivity index (χ4v) is 2.37. The topological polar surface area (TPSA) is 62.0 Å². The molecular weight excluding hydrogens is 419 g/mol. The molecule has 0 aliphatic rings. The molecular formula is C17H25IN4O2. The SMILES string of the molecule is CN=C(NCc1cc(OC)ccc1O)N(C)Cc1cccn1C.I.